The Morgan fingerprint density at radius 3 is 2.58 bits per heavy atom. The quantitative estimate of drug-likeness (QED) is 0.777. The van der Waals surface area contributed by atoms with E-state index in [0.29, 0.717) is 12.1 Å². The number of aliphatic hydroxyl groups excluding tert-OH is 1. The first-order chi connectivity index (χ1) is 15.0. The first-order valence-corrected chi connectivity index (χ1v) is 10.5. The lowest BCUT2D eigenvalue weighted by Crippen LogP contribution is -2.41. The van der Waals surface area contributed by atoms with Crippen LogP contribution in [0.5, 0.6) is 0 Å². The molecule has 0 saturated carbocycles. The molecule has 0 spiro atoms. The summed E-state index contributed by atoms with van der Waals surface area (Å²) in [6.07, 6.45) is 1.26. The van der Waals surface area contributed by atoms with Gasteiger partial charge in [0.05, 0.1) is 12.1 Å². The molecule has 0 radical (unpaired) electrons. The van der Waals surface area contributed by atoms with Gasteiger partial charge in [-0.15, -0.1) is 5.11 Å². The molecule has 3 atom stereocenters. The number of aliphatic imine (C=N–C) groups is 1. The van der Waals surface area contributed by atoms with Gasteiger partial charge >= 0.3 is 0 Å². The molecule has 2 fully saturated rings. The summed E-state index contributed by atoms with van der Waals surface area (Å²) in [5.41, 5.74) is 2.09. The molecule has 164 valence electrons. The molecule has 3 aliphatic rings. The summed E-state index contributed by atoms with van der Waals surface area (Å²) in [5, 5.41) is 21.7. The second kappa shape index (κ2) is 8.32. The number of halogens is 2. The van der Waals surface area contributed by atoms with Crippen molar-refractivity contribution in [1.82, 2.24) is 4.90 Å². The average Bonchev–Trinajstić information content (AvgIpc) is 3.48. The molecule has 0 aliphatic carbocycles. The molecule has 0 bridgehead atoms. The van der Waals surface area contributed by atoms with Crippen molar-refractivity contribution in [2.24, 2.45) is 15.2 Å². The van der Waals surface area contributed by atoms with E-state index in [2.05, 4.69) is 30.3 Å². The second-order valence-electron chi connectivity index (χ2n) is 8.20. The van der Waals surface area contributed by atoms with Crippen LogP contribution in [-0.4, -0.2) is 54.3 Å². The van der Waals surface area contributed by atoms with Gasteiger partial charge in [0.2, 0.25) is 5.96 Å². The van der Waals surface area contributed by atoms with Crippen molar-refractivity contribution >= 4 is 17.3 Å². The maximum absolute atomic E-state index is 13.5. The molecule has 2 aromatic rings. The van der Waals surface area contributed by atoms with E-state index < -0.39 is 17.8 Å². The minimum absolute atomic E-state index is 0. The Balaban J connectivity index is 0.00000245. The van der Waals surface area contributed by atoms with Crippen LogP contribution in [0.15, 0.2) is 57.7 Å². The van der Waals surface area contributed by atoms with Crippen LogP contribution in [0, 0.1) is 11.6 Å². The van der Waals surface area contributed by atoms with E-state index in [0.717, 1.165) is 37.1 Å². The molecule has 0 aromatic heterocycles. The first-order valence-electron chi connectivity index (χ1n) is 10.5. The van der Waals surface area contributed by atoms with E-state index >= 15 is 0 Å². The molecule has 2 aromatic carbocycles. The van der Waals surface area contributed by atoms with E-state index in [1.54, 1.807) is 0 Å². The van der Waals surface area contributed by atoms with Gasteiger partial charge < -0.3 is 15.3 Å². The number of nitrogens with one attached hydrogen (secondary N) is 1. The Bertz CT molecular complexity index is 1010. The number of benzene rings is 2. The van der Waals surface area contributed by atoms with Crippen molar-refractivity contribution in [3.63, 3.8) is 0 Å². The van der Waals surface area contributed by atoms with Crippen LogP contribution in [0.4, 0.5) is 20.2 Å². The largest absolute Gasteiger partial charge is 0.390 e. The predicted octanol–water partition coefficient (Wildman–Crippen LogP) is 3.79. The first kappa shape index (κ1) is 20.0. The molecular formula is C22H26F2N6O. The molecule has 9 heteroatoms. The lowest BCUT2D eigenvalue weighted by molar-refractivity contribution is 0.0986. The standard InChI is InChI=1S/C22H24F2N6O.H2/c23-15-8-14(9-16(24)10-15)21-26-22(28-27-21)25-17-4-3-5-18(11-17)30-12-19(20(31)13-30)29-6-1-2-7-29;/h3-5,8-11,19-21,31H,1-2,6-7,12-13H2,(H,25,26);1H. The number of rotatable bonds is 4. The maximum atomic E-state index is 13.5. The van der Waals surface area contributed by atoms with E-state index in [1.807, 2.05) is 24.3 Å². The van der Waals surface area contributed by atoms with Gasteiger partial charge in [0.15, 0.2) is 6.17 Å². The number of guanidine groups is 1. The number of β-amino-alcohol motifs (C(OH)–C–C–N with tert-alkyl or cyclic N) is 1. The van der Waals surface area contributed by atoms with Crippen LogP contribution in [0.2, 0.25) is 0 Å². The van der Waals surface area contributed by atoms with Gasteiger partial charge in [0.1, 0.15) is 11.6 Å². The van der Waals surface area contributed by atoms with Crippen molar-refractivity contribution in [2.45, 2.75) is 31.2 Å². The molecule has 2 saturated heterocycles. The summed E-state index contributed by atoms with van der Waals surface area (Å²) in [7, 11) is 0. The Hall–Kier alpha value is -2.91. The lowest BCUT2D eigenvalue weighted by atomic mass is 10.2. The van der Waals surface area contributed by atoms with Crippen molar-refractivity contribution < 1.29 is 15.3 Å². The topological polar surface area (TPSA) is 75.8 Å². The van der Waals surface area contributed by atoms with Gasteiger partial charge in [-0.2, -0.15) is 5.11 Å². The summed E-state index contributed by atoms with van der Waals surface area (Å²) in [6.45, 7) is 3.49. The number of hydrogen-bond acceptors (Lipinski definition) is 7. The van der Waals surface area contributed by atoms with Gasteiger partial charge in [0, 0.05) is 37.5 Å². The van der Waals surface area contributed by atoms with Gasteiger partial charge in [-0.25, -0.2) is 13.8 Å². The van der Waals surface area contributed by atoms with Gasteiger partial charge in [-0.3, -0.25) is 4.90 Å². The monoisotopic (exact) mass is 428 g/mol. The van der Waals surface area contributed by atoms with Gasteiger partial charge in [-0.05, 0) is 56.3 Å². The summed E-state index contributed by atoms with van der Waals surface area (Å²) >= 11 is 0. The second-order valence-corrected chi connectivity index (χ2v) is 8.20. The maximum Gasteiger partial charge on any atom is 0.244 e. The number of azo groups is 1. The van der Waals surface area contributed by atoms with Crippen LogP contribution in [0.3, 0.4) is 0 Å². The summed E-state index contributed by atoms with van der Waals surface area (Å²) in [5.74, 6) is -1.06. The third-order valence-electron chi connectivity index (χ3n) is 6.03. The molecule has 2 N–H and O–H groups in total. The molecule has 3 unspecified atom stereocenters. The molecule has 5 rings (SSSR count). The van der Waals surface area contributed by atoms with Gasteiger partial charge in [-0.1, -0.05) is 6.07 Å². The fourth-order valence-electron chi connectivity index (χ4n) is 4.52. The molecule has 7 nitrogen and oxygen atoms in total. The van der Waals surface area contributed by atoms with Crippen LogP contribution < -0.4 is 10.2 Å². The minimum Gasteiger partial charge on any atom is -0.390 e. The highest BCUT2D eigenvalue weighted by Crippen LogP contribution is 2.29. The van der Waals surface area contributed by atoms with E-state index in [1.165, 1.54) is 25.0 Å². The highest BCUT2D eigenvalue weighted by atomic mass is 19.1. The highest BCUT2D eigenvalue weighted by molar-refractivity contribution is 5.95. The normalized spacial score (nSPS) is 26.0. The van der Waals surface area contributed by atoms with Crippen LogP contribution in [0.25, 0.3) is 0 Å². The molecular weight excluding hydrogens is 402 g/mol. The summed E-state index contributed by atoms with van der Waals surface area (Å²) < 4.78 is 26.9. The van der Waals surface area contributed by atoms with Gasteiger partial charge in [0.25, 0.3) is 0 Å². The zero-order valence-electron chi connectivity index (χ0n) is 17.0. The lowest BCUT2D eigenvalue weighted by Gasteiger charge is -2.25. The van der Waals surface area contributed by atoms with Crippen molar-refractivity contribution in [3.8, 4) is 0 Å². The van der Waals surface area contributed by atoms with Crippen molar-refractivity contribution in [1.29, 1.82) is 0 Å². The highest BCUT2D eigenvalue weighted by Gasteiger charge is 2.36. The smallest absolute Gasteiger partial charge is 0.244 e. The van der Waals surface area contributed by atoms with Crippen molar-refractivity contribution in [3.05, 3.63) is 59.7 Å². The number of likely N-dealkylation sites (tertiary alicyclic amines) is 1. The van der Waals surface area contributed by atoms with Crippen LogP contribution in [-0.2, 0) is 0 Å². The SMILES string of the molecule is OC1CN(c2cccc(NC3=NC(c4cc(F)cc(F)c4)N=N3)c2)CC1N1CCCC1.[HH]. The fraction of sp³-hybridized carbons (Fsp3) is 0.409. The Labute approximate surface area is 180 Å². The summed E-state index contributed by atoms with van der Waals surface area (Å²) in [6, 6.07) is 11.2. The van der Waals surface area contributed by atoms with E-state index in [4.69, 9.17) is 0 Å². The molecule has 0 amide bonds. The predicted molar refractivity (Wildman–Crippen MR) is 116 cm³/mol. The summed E-state index contributed by atoms with van der Waals surface area (Å²) in [4.78, 5) is 8.89. The minimum atomic E-state index is -0.772. The number of aliphatic hydroxyl groups is 1. The van der Waals surface area contributed by atoms with E-state index in [-0.39, 0.29) is 19.5 Å². The molecule has 3 heterocycles. The van der Waals surface area contributed by atoms with E-state index in [9.17, 15) is 13.9 Å². The molecule has 31 heavy (non-hydrogen) atoms. The third-order valence-corrected chi connectivity index (χ3v) is 6.03. The van der Waals surface area contributed by atoms with Crippen LogP contribution in [0.1, 0.15) is 26.0 Å². The third kappa shape index (κ3) is 4.28. The zero-order valence-corrected chi connectivity index (χ0v) is 17.0. The van der Waals surface area contributed by atoms with Crippen LogP contribution >= 0.6 is 0 Å². The number of hydrogen-bond donors (Lipinski definition) is 2. The number of anilines is 2. The molecule has 3 aliphatic heterocycles. The Kier molecular flexibility index (Phi) is 5.37. The average molecular weight is 428 g/mol. The van der Waals surface area contributed by atoms with Crippen molar-refractivity contribution in [2.75, 3.05) is 36.4 Å². The number of nitrogens with zero attached hydrogens (tertiary/aromatic N) is 5. The zero-order chi connectivity index (χ0) is 21.4. The Morgan fingerprint density at radius 2 is 1.81 bits per heavy atom. The Morgan fingerprint density at radius 1 is 1.03 bits per heavy atom. The fourth-order valence-corrected chi connectivity index (χ4v) is 4.52.